The molecule has 0 saturated carbocycles. The van der Waals surface area contributed by atoms with Gasteiger partial charge in [0, 0.05) is 34.7 Å². The Morgan fingerprint density at radius 2 is 2.19 bits per heavy atom. The fourth-order valence-corrected chi connectivity index (χ4v) is 1.84. The highest BCUT2D eigenvalue weighted by Crippen LogP contribution is 2.23. The van der Waals surface area contributed by atoms with Crippen LogP contribution in [-0.2, 0) is 11.8 Å². The summed E-state index contributed by atoms with van der Waals surface area (Å²) in [6, 6.07) is 7.49. The van der Waals surface area contributed by atoms with E-state index in [0.717, 1.165) is 22.7 Å². The topological polar surface area (TPSA) is 42.2 Å². The first-order chi connectivity index (χ1) is 7.58. The highest BCUT2D eigenvalue weighted by Gasteiger charge is 2.03. The quantitative estimate of drug-likeness (QED) is 0.814. The van der Waals surface area contributed by atoms with Gasteiger partial charge in [0.05, 0.1) is 0 Å². The molecule has 4 heteroatoms. The Bertz CT molecular complexity index is 584. The maximum absolute atomic E-state index is 10.4. The van der Waals surface area contributed by atoms with E-state index in [1.54, 1.807) is 6.08 Å². The second-order valence-corrected chi connectivity index (χ2v) is 3.94. The molecule has 16 heavy (non-hydrogen) atoms. The lowest BCUT2D eigenvalue weighted by molar-refractivity contribution is -0.131. The Balaban J connectivity index is 2.55. The maximum Gasteiger partial charge on any atom is 0.328 e. The molecule has 0 aliphatic carbocycles. The summed E-state index contributed by atoms with van der Waals surface area (Å²) in [7, 11) is 1.89. The zero-order valence-corrected chi connectivity index (χ0v) is 9.40. The van der Waals surface area contributed by atoms with Gasteiger partial charge in [0.1, 0.15) is 0 Å². The predicted octanol–water partition coefficient (Wildman–Crippen LogP) is 2.93. The summed E-state index contributed by atoms with van der Waals surface area (Å²) in [5, 5.41) is 10.2. The van der Waals surface area contributed by atoms with Crippen LogP contribution in [0.15, 0.2) is 30.3 Å². The molecule has 1 aromatic carbocycles. The van der Waals surface area contributed by atoms with Crippen LogP contribution in [0.5, 0.6) is 0 Å². The number of hydrogen-bond donors (Lipinski definition) is 1. The fourth-order valence-electron chi connectivity index (χ4n) is 1.66. The average Bonchev–Trinajstić information content (AvgIpc) is 2.52. The lowest BCUT2D eigenvalue weighted by Gasteiger charge is -1.98. The van der Waals surface area contributed by atoms with Crippen LogP contribution >= 0.6 is 11.6 Å². The van der Waals surface area contributed by atoms with Crippen molar-refractivity contribution in [2.75, 3.05) is 0 Å². The van der Waals surface area contributed by atoms with Crippen molar-refractivity contribution in [3.05, 3.63) is 41.1 Å². The third kappa shape index (κ3) is 1.95. The molecular formula is C12H10ClNO2. The minimum Gasteiger partial charge on any atom is -0.478 e. The van der Waals surface area contributed by atoms with E-state index >= 15 is 0 Å². The molecule has 0 bridgehead atoms. The molecular weight excluding hydrogens is 226 g/mol. The first kappa shape index (κ1) is 10.8. The second-order valence-electron chi connectivity index (χ2n) is 3.50. The van der Waals surface area contributed by atoms with Gasteiger partial charge in [-0.2, -0.15) is 0 Å². The van der Waals surface area contributed by atoms with E-state index in [2.05, 4.69) is 0 Å². The summed E-state index contributed by atoms with van der Waals surface area (Å²) in [4.78, 5) is 10.4. The summed E-state index contributed by atoms with van der Waals surface area (Å²) < 4.78 is 1.92. The van der Waals surface area contributed by atoms with E-state index in [0.29, 0.717) is 5.02 Å². The Hall–Kier alpha value is -1.74. The van der Waals surface area contributed by atoms with Crippen LogP contribution in [0, 0.1) is 0 Å². The molecule has 2 aromatic rings. The van der Waals surface area contributed by atoms with Gasteiger partial charge in [0.25, 0.3) is 0 Å². The fraction of sp³-hybridized carbons (Fsp3) is 0.0833. The molecule has 82 valence electrons. The molecule has 0 aliphatic rings. The molecule has 0 saturated heterocycles. The molecule has 0 spiro atoms. The van der Waals surface area contributed by atoms with Crippen molar-refractivity contribution in [2.45, 2.75) is 0 Å². The Morgan fingerprint density at radius 3 is 2.88 bits per heavy atom. The second kappa shape index (κ2) is 4.02. The van der Waals surface area contributed by atoms with Crippen molar-refractivity contribution >= 4 is 34.5 Å². The number of carboxylic acid groups (broad SMARTS) is 1. The maximum atomic E-state index is 10.4. The van der Waals surface area contributed by atoms with Crippen molar-refractivity contribution in [1.82, 2.24) is 4.57 Å². The zero-order valence-electron chi connectivity index (χ0n) is 8.64. The minimum absolute atomic E-state index is 0.673. The molecule has 0 aliphatic heterocycles. The van der Waals surface area contributed by atoms with Crippen molar-refractivity contribution in [3.8, 4) is 0 Å². The van der Waals surface area contributed by atoms with Crippen LogP contribution in [0.4, 0.5) is 0 Å². The van der Waals surface area contributed by atoms with Crippen molar-refractivity contribution in [3.63, 3.8) is 0 Å². The van der Waals surface area contributed by atoms with E-state index in [-0.39, 0.29) is 0 Å². The van der Waals surface area contributed by atoms with E-state index < -0.39 is 5.97 Å². The summed E-state index contributed by atoms with van der Waals surface area (Å²) in [6.07, 6.45) is 2.69. The summed E-state index contributed by atoms with van der Waals surface area (Å²) >= 11 is 5.89. The van der Waals surface area contributed by atoms with E-state index in [9.17, 15) is 4.79 Å². The number of nitrogens with zero attached hydrogens (tertiary/aromatic N) is 1. The van der Waals surface area contributed by atoms with Gasteiger partial charge in [-0.15, -0.1) is 0 Å². The van der Waals surface area contributed by atoms with Crippen LogP contribution < -0.4 is 0 Å². The van der Waals surface area contributed by atoms with Gasteiger partial charge in [-0.05, 0) is 30.3 Å². The Labute approximate surface area is 97.6 Å². The van der Waals surface area contributed by atoms with Crippen LogP contribution in [0.2, 0.25) is 5.02 Å². The Kier molecular flexibility index (Phi) is 2.71. The number of aromatic nitrogens is 1. The number of aryl methyl sites for hydroxylation is 1. The SMILES string of the molecule is Cn1c(/C=C/C(=O)O)cc2cc(Cl)ccc21. The van der Waals surface area contributed by atoms with Crippen LogP contribution in [-0.4, -0.2) is 15.6 Å². The first-order valence-electron chi connectivity index (χ1n) is 4.74. The summed E-state index contributed by atoms with van der Waals surface area (Å²) in [5.74, 6) is -0.955. The van der Waals surface area contributed by atoms with Crippen LogP contribution in [0.3, 0.4) is 0 Å². The average molecular weight is 236 g/mol. The Morgan fingerprint density at radius 1 is 1.44 bits per heavy atom. The van der Waals surface area contributed by atoms with E-state index in [1.165, 1.54) is 0 Å². The van der Waals surface area contributed by atoms with Crippen molar-refractivity contribution in [2.24, 2.45) is 7.05 Å². The summed E-state index contributed by atoms with van der Waals surface area (Å²) in [5.41, 5.74) is 1.86. The highest BCUT2D eigenvalue weighted by molar-refractivity contribution is 6.31. The molecule has 3 nitrogen and oxygen atoms in total. The number of aliphatic carboxylic acids is 1. The van der Waals surface area contributed by atoms with Crippen molar-refractivity contribution in [1.29, 1.82) is 0 Å². The largest absolute Gasteiger partial charge is 0.478 e. The number of rotatable bonds is 2. The molecule has 0 fully saturated rings. The molecule has 0 amide bonds. The number of hydrogen-bond acceptors (Lipinski definition) is 1. The van der Waals surface area contributed by atoms with Crippen LogP contribution in [0.25, 0.3) is 17.0 Å². The smallest absolute Gasteiger partial charge is 0.328 e. The van der Waals surface area contributed by atoms with Gasteiger partial charge in [0.2, 0.25) is 0 Å². The molecule has 0 unspecified atom stereocenters. The first-order valence-corrected chi connectivity index (χ1v) is 5.12. The predicted molar refractivity (Wildman–Crippen MR) is 64.6 cm³/mol. The molecule has 0 radical (unpaired) electrons. The lowest BCUT2D eigenvalue weighted by atomic mass is 10.2. The molecule has 2 rings (SSSR count). The minimum atomic E-state index is -0.955. The third-order valence-electron chi connectivity index (χ3n) is 2.44. The zero-order chi connectivity index (χ0) is 11.7. The van der Waals surface area contributed by atoms with Gasteiger partial charge in [0.15, 0.2) is 0 Å². The molecule has 1 N–H and O–H groups in total. The van der Waals surface area contributed by atoms with Gasteiger partial charge in [-0.3, -0.25) is 0 Å². The number of carboxylic acids is 1. The number of fused-ring (bicyclic) bond motifs is 1. The molecule has 1 heterocycles. The monoisotopic (exact) mass is 235 g/mol. The van der Waals surface area contributed by atoms with Gasteiger partial charge in [-0.1, -0.05) is 11.6 Å². The standard InChI is InChI=1S/C12H10ClNO2/c1-14-10(3-5-12(15)16)7-8-6-9(13)2-4-11(8)14/h2-7H,1H3,(H,15,16)/b5-3+. The number of halogens is 1. The normalized spacial score (nSPS) is 11.4. The van der Waals surface area contributed by atoms with E-state index in [1.807, 2.05) is 35.9 Å². The van der Waals surface area contributed by atoms with Crippen molar-refractivity contribution < 1.29 is 9.90 Å². The summed E-state index contributed by atoms with van der Waals surface area (Å²) in [6.45, 7) is 0. The number of benzene rings is 1. The van der Waals surface area contributed by atoms with Crippen LogP contribution in [0.1, 0.15) is 5.69 Å². The number of carbonyl (C=O) groups is 1. The van der Waals surface area contributed by atoms with Gasteiger partial charge >= 0.3 is 5.97 Å². The highest BCUT2D eigenvalue weighted by atomic mass is 35.5. The van der Waals surface area contributed by atoms with Gasteiger partial charge < -0.3 is 9.67 Å². The van der Waals surface area contributed by atoms with E-state index in [4.69, 9.17) is 16.7 Å². The lowest BCUT2D eigenvalue weighted by Crippen LogP contribution is -1.91. The van der Waals surface area contributed by atoms with Gasteiger partial charge in [-0.25, -0.2) is 4.79 Å². The molecule has 1 aromatic heterocycles. The third-order valence-corrected chi connectivity index (χ3v) is 2.67. The molecule has 0 atom stereocenters.